The zero-order chi connectivity index (χ0) is 19.7. The maximum atomic E-state index is 12.5. The molecule has 2 N–H and O–H groups in total. The van der Waals surface area contributed by atoms with Crippen molar-refractivity contribution >= 4 is 28.4 Å². The average Bonchev–Trinajstić information content (AvgIpc) is 3.50. The van der Waals surface area contributed by atoms with Gasteiger partial charge in [0.1, 0.15) is 12.1 Å². The number of hydrogen-bond donors (Lipinski definition) is 2. The molecule has 0 spiro atoms. The topological polar surface area (TPSA) is 106 Å². The van der Waals surface area contributed by atoms with Gasteiger partial charge in [-0.15, -0.1) is 5.10 Å². The molecule has 0 aliphatic heterocycles. The fourth-order valence-electron chi connectivity index (χ4n) is 2.85. The standard InChI is InChI=1S/C20H19N5O3/c1-12-6-7-13(19(27)21-14-8-9-14)10-17(12)22-18(26)11-25-20(28)15-4-2-3-5-16(15)23-24-25/h2-7,10,14H,8-9,11H2,1H3,(H,21,27)(H,22,26). The molecule has 1 aromatic heterocycles. The smallest absolute Gasteiger partial charge is 0.278 e. The van der Waals surface area contributed by atoms with Crippen molar-refractivity contribution in [1.82, 2.24) is 20.3 Å². The molecular formula is C20H19N5O3. The van der Waals surface area contributed by atoms with Crippen molar-refractivity contribution in [2.75, 3.05) is 5.32 Å². The third-order valence-corrected chi connectivity index (χ3v) is 4.61. The molecule has 3 aromatic rings. The van der Waals surface area contributed by atoms with Gasteiger partial charge >= 0.3 is 0 Å². The van der Waals surface area contributed by atoms with Gasteiger partial charge in [-0.1, -0.05) is 23.4 Å². The SMILES string of the molecule is Cc1ccc(C(=O)NC2CC2)cc1NC(=O)Cn1nnc2ccccc2c1=O. The molecule has 1 saturated carbocycles. The number of carbonyl (C=O) groups is 2. The molecule has 142 valence electrons. The third kappa shape index (κ3) is 3.75. The summed E-state index contributed by atoms with van der Waals surface area (Å²) in [5, 5.41) is 13.9. The van der Waals surface area contributed by atoms with Gasteiger partial charge in [-0.3, -0.25) is 14.4 Å². The molecule has 28 heavy (non-hydrogen) atoms. The molecule has 1 fully saturated rings. The van der Waals surface area contributed by atoms with E-state index in [0.29, 0.717) is 22.2 Å². The molecule has 0 saturated heterocycles. The predicted molar refractivity (Wildman–Crippen MR) is 104 cm³/mol. The van der Waals surface area contributed by atoms with E-state index in [0.717, 1.165) is 23.1 Å². The van der Waals surface area contributed by atoms with Crippen LogP contribution in [0.5, 0.6) is 0 Å². The lowest BCUT2D eigenvalue weighted by molar-refractivity contribution is -0.117. The Bertz CT molecular complexity index is 1130. The van der Waals surface area contributed by atoms with E-state index in [9.17, 15) is 14.4 Å². The van der Waals surface area contributed by atoms with Gasteiger partial charge in [-0.2, -0.15) is 0 Å². The van der Waals surface area contributed by atoms with Gasteiger partial charge in [0.25, 0.3) is 11.5 Å². The number of nitrogens with one attached hydrogen (secondary N) is 2. The number of rotatable bonds is 5. The van der Waals surface area contributed by atoms with E-state index in [2.05, 4.69) is 20.9 Å². The highest BCUT2D eigenvalue weighted by atomic mass is 16.2. The van der Waals surface area contributed by atoms with Crippen LogP contribution in [0.3, 0.4) is 0 Å². The number of carbonyl (C=O) groups excluding carboxylic acids is 2. The van der Waals surface area contributed by atoms with Crippen molar-refractivity contribution in [1.29, 1.82) is 0 Å². The molecule has 0 radical (unpaired) electrons. The minimum Gasteiger partial charge on any atom is -0.349 e. The van der Waals surface area contributed by atoms with Crippen molar-refractivity contribution in [2.45, 2.75) is 32.4 Å². The second kappa shape index (κ2) is 7.22. The van der Waals surface area contributed by atoms with Crippen LogP contribution in [0.2, 0.25) is 0 Å². The molecular weight excluding hydrogens is 358 g/mol. The number of amides is 2. The van der Waals surface area contributed by atoms with Crippen LogP contribution in [0.25, 0.3) is 10.9 Å². The first kappa shape index (κ1) is 17.8. The molecule has 1 aliphatic carbocycles. The third-order valence-electron chi connectivity index (χ3n) is 4.61. The largest absolute Gasteiger partial charge is 0.349 e. The van der Waals surface area contributed by atoms with E-state index in [1.54, 1.807) is 42.5 Å². The van der Waals surface area contributed by atoms with Gasteiger partial charge in [-0.25, -0.2) is 4.68 Å². The van der Waals surface area contributed by atoms with Gasteiger partial charge in [0.2, 0.25) is 5.91 Å². The summed E-state index contributed by atoms with van der Waals surface area (Å²) in [6.45, 7) is 1.56. The van der Waals surface area contributed by atoms with Crippen molar-refractivity contribution in [3.63, 3.8) is 0 Å². The van der Waals surface area contributed by atoms with E-state index >= 15 is 0 Å². The van der Waals surface area contributed by atoms with Crippen LogP contribution in [0.15, 0.2) is 47.3 Å². The highest BCUT2D eigenvalue weighted by molar-refractivity contribution is 5.98. The lowest BCUT2D eigenvalue weighted by Gasteiger charge is -2.11. The minimum absolute atomic E-state index is 0.158. The minimum atomic E-state index is -0.422. The zero-order valence-corrected chi connectivity index (χ0v) is 15.3. The maximum Gasteiger partial charge on any atom is 0.278 e. The molecule has 2 aromatic carbocycles. The summed E-state index contributed by atoms with van der Waals surface area (Å²) in [7, 11) is 0. The fraction of sp³-hybridized carbons (Fsp3) is 0.250. The number of fused-ring (bicyclic) bond motifs is 1. The monoisotopic (exact) mass is 377 g/mol. The Kier molecular flexibility index (Phi) is 4.60. The Morgan fingerprint density at radius 1 is 1.18 bits per heavy atom. The average molecular weight is 377 g/mol. The molecule has 1 aliphatic rings. The number of hydrogen-bond acceptors (Lipinski definition) is 5. The first-order valence-electron chi connectivity index (χ1n) is 9.05. The Balaban J connectivity index is 1.51. The predicted octanol–water partition coefficient (Wildman–Crippen LogP) is 1.63. The van der Waals surface area contributed by atoms with Gasteiger partial charge < -0.3 is 10.6 Å². The molecule has 8 heteroatoms. The van der Waals surface area contributed by atoms with E-state index in [1.165, 1.54) is 0 Å². The summed E-state index contributed by atoms with van der Waals surface area (Å²) >= 11 is 0. The number of aryl methyl sites for hydroxylation is 1. The van der Waals surface area contributed by atoms with Crippen LogP contribution in [-0.4, -0.2) is 32.9 Å². The number of anilines is 1. The van der Waals surface area contributed by atoms with Crippen molar-refractivity contribution in [2.24, 2.45) is 0 Å². The van der Waals surface area contributed by atoms with Gasteiger partial charge in [-0.05, 0) is 49.6 Å². The van der Waals surface area contributed by atoms with Crippen LogP contribution in [0.4, 0.5) is 5.69 Å². The van der Waals surface area contributed by atoms with Crippen LogP contribution in [0.1, 0.15) is 28.8 Å². The normalized spacial score (nSPS) is 13.3. The van der Waals surface area contributed by atoms with E-state index in [4.69, 9.17) is 0 Å². The Labute approximate surface area is 160 Å². The molecule has 0 atom stereocenters. The van der Waals surface area contributed by atoms with E-state index in [1.807, 2.05) is 6.92 Å². The Hall–Kier alpha value is -3.55. The first-order valence-corrected chi connectivity index (χ1v) is 9.05. The van der Waals surface area contributed by atoms with Crippen molar-refractivity contribution < 1.29 is 9.59 Å². The zero-order valence-electron chi connectivity index (χ0n) is 15.3. The van der Waals surface area contributed by atoms with Gasteiger partial charge in [0, 0.05) is 17.3 Å². The van der Waals surface area contributed by atoms with Crippen LogP contribution >= 0.6 is 0 Å². The molecule has 4 rings (SSSR count). The summed E-state index contributed by atoms with van der Waals surface area (Å²) in [4.78, 5) is 37.1. The molecule has 0 bridgehead atoms. The lowest BCUT2D eigenvalue weighted by atomic mass is 10.1. The fourth-order valence-corrected chi connectivity index (χ4v) is 2.85. The second-order valence-corrected chi connectivity index (χ2v) is 6.90. The number of nitrogens with zero attached hydrogens (tertiary/aromatic N) is 3. The van der Waals surface area contributed by atoms with E-state index in [-0.39, 0.29) is 24.1 Å². The van der Waals surface area contributed by atoms with E-state index < -0.39 is 5.91 Å². The second-order valence-electron chi connectivity index (χ2n) is 6.90. The van der Waals surface area contributed by atoms with Crippen LogP contribution in [-0.2, 0) is 11.3 Å². The highest BCUT2D eigenvalue weighted by Gasteiger charge is 2.24. The van der Waals surface area contributed by atoms with Crippen LogP contribution in [0, 0.1) is 6.92 Å². The number of aromatic nitrogens is 3. The number of benzene rings is 2. The first-order chi connectivity index (χ1) is 13.5. The maximum absolute atomic E-state index is 12.5. The van der Waals surface area contributed by atoms with Crippen molar-refractivity contribution in [3.05, 3.63) is 63.9 Å². The molecule has 0 unspecified atom stereocenters. The van der Waals surface area contributed by atoms with Crippen molar-refractivity contribution in [3.8, 4) is 0 Å². The summed E-state index contributed by atoms with van der Waals surface area (Å²) in [5.41, 5.74) is 1.92. The molecule has 8 nitrogen and oxygen atoms in total. The van der Waals surface area contributed by atoms with Gasteiger partial charge in [0.05, 0.1) is 5.39 Å². The Morgan fingerprint density at radius 3 is 2.75 bits per heavy atom. The highest BCUT2D eigenvalue weighted by Crippen LogP contribution is 2.21. The molecule has 2 amide bonds. The molecule has 1 heterocycles. The lowest BCUT2D eigenvalue weighted by Crippen LogP contribution is -2.30. The Morgan fingerprint density at radius 2 is 1.96 bits per heavy atom. The van der Waals surface area contributed by atoms with Crippen LogP contribution < -0.4 is 16.2 Å². The summed E-state index contributed by atoms with van der Waals surface area (Å²) in [6, 6.07) is 12.2. The summed E-state index contributed by atoms with van der Waals surface area (Å²) in [6.07, 6.45) is 2.01. The van der Waals surface area contributed by atoms with Gasteiger partial charge in [0.15, 0.2) is 0 Å². The quantitative estimate of drug-likeness (QED) is 0.703. The summed E-state index contributed by atoms with van der Waals surface area (Å²) < 4.78 is 1.02. The summed E-state index contributed by atoms with van der Waals surface area (Å²) in [5.74, 6) is -0.579.